The molecule has 4 nitrogen and oxygen atoms in total. The number of hydrogen-bond acceptors (Lipinski definition) is 4. The molecule has 2 aromatic heterocycles. The molecule has 1 saturated carbocycles. The van der Waals surface area contributed by atoms with Gasteiger partial charge in [-0.25, -0.2) is 0 Å². The number of hydrogen-bond donors (Lipinski definition) is 1. The van der Waals surface area contributed by atoms with Crippen molar-refractivity contribution in [3.05, 3.63) is 40.2 Å². The van der Waals surface area contributed by atoms with Gasteiger partial charge in [-0.15, -0.1) is 0 Å². The summed E-state index contributed by atoms with van der Waals surface area (Å²) in [5.74, 6) is 0.0155. The molecule has 0 aromatic carbocycles. The van der Waals surface area contributed by atoms with E-state index in [1.165, 1.54) is 12.8 Å². The predicted molar refractivity (Wildman–Crippen MR) is 97.4 cm³/mol. The van der Waals surface area contributed by atoms with Crippen molar-refractivity contribution in [2.24, 2.45) is 0 Å². The van der Waals surface area contributed by atoms with E-state index in [0.29, 0.717) is 11.6 Å². The fourth-order valence-corrected chi connectivity index (χ4v) is 4.13. The first-order chi connectivity index (χ1) is 11.7. The number of thiophene rings is 1. The molecule has 1 aliphatic heterocycles. The van der Waals surface area contributed by atoms with Gasteiger partial charge in [-0.2, -0.15) is 11.3 Å². The van der Waals surface area contributed by atoms with Crippen LogP contribution in [0.25, 0.3) is 11.3 Å². The number of rotatable bonds is 4. The summed E-state index contributed by atoms with van der Waals surface area (Å²) in [6.07, 6.45) is 4.83. The van der Waals surface area contributed by atoms with Crippen LogP contribution in [0.15, 0.2) is 29.0 Å². The molecule has 0 bridgehead atoms. The fourth-order valence-electron chi connectivity index (χ4n) is 3.48. The Morgan fingerprint density at radius 3 is 2.62 bits per heavy atom. The number of pyridine rings is 1. The molecule has 5 heteroatoms. The molecule has 0 radical (unpaired) electrons. The summed E-state index contributed by atoms with van der Waals surface area (Å²) < 4.78 is 0. The van der Waals surface area contributed by atoms with E-state index in [2.05, 4.69) is 26.6 Å². The SMILES string of the molecule is Cc1nc(-c2ccsc2)ccc1C(=O)NC1CCN(C2CC2)CC1. The first kappa shape index (κ1) is 15.8. The molecule has 2 aliphatic rings. The number of piperidine rings is 1. The van der Waals surface area contributed by atoms with E-state index < -0.39 is 0 Å². The van der Waals surface area contributed by atoms with Crippen LogP contribution in [0.3, 0.4) is 0 Å². The summed E-state index contributed by atoms with van der Waals surface area (Å²) in [5.41, 5.74) is 3.54. The number of carbonyl (C=O) groups excluding carboxylic acids is 1. The highest BCUT2D eigenvalue weighted by atomic mass is 32.1. The van der Waals surface area contributed by atoms with Gasteiger partial charge < -0.3 is 10.2 Å². The van der Waals surface area contributed by atoms with E-state index in [1.54, 1.807) is 11.3 Å². The number of aryl methyl sites for hydroxylation is 1. The zero-order chi connectivity index (χ0) is 16.5. The minimum atomic E-state index is 0.0155. The van der Waals surface area contributed by atoms with E-state index in [0.717, 1.165) is 48.9 Å². The summed E-state index contributed by atoms with van der Waals surface area (Å²) in [6.45, 7) is 4.15. The van der Waals surface area contributed by atoms with Gasteiger partial charge in [0.1, 0.15) is 0 Å². The zero-order valence-corrected chi connectivity index (χ0v) is 14.8. The number of nitrogens with one attached hydrogen (secondary N) is 1. The predicted octanol–water partition coefficient (Wildman–Crippen LogP) is 3.48. The standard InChI is InChI=1S/C19H23N3OS/c1-13-17(4-5-18(20-13)14-8-11-24-12-14)19(23)21-15-6-9-22(10-7-15)16-2-3-16/h4-5,8,11-12,15-16H,2-3,6-7,9-10H2,1H3,(H,21,23). The van der Waals surface area contributed by atoms with Crippen molar-refractivity contribution in [3.63, 3.8) is 0 Å². The van der Waals surface area contributed by atoms with Crippen molar-refractivity contribution in [1.29, 1.82) is 0 Å². The lowest BCUT2D eigenvalue weighted by atomic mass is 10.0. The molecule has 4 rings (SSSR count). The van der Waals surface area contributed by atoms with Crippen LogP contribution in [0, 0.1) is 6.92 Å². The molecule has 0 unspecified atom stereocenters. The molecule has 126 valence electrons. The van der Waals surface area contributed by atoms with Crippen LogP contribution in [0.2, 0.25) is 0 Å². The molecule has 1 N–H and O–H groups in total. The van der Waals surface area contributed by atoms with Crippen LogP contribution in [0.1, 0.15) is 41.7 Å². The molecular weight excluding hydrogens is 318 g/mol. The maximum Gasteiger partial charge on any atom is 0.253 e. The van der Waals surface area contributed by atoms with E-state index in [4.69, 9.17) is 0 Å². The quantitative estimate of drug-likeness (QED) is 0.926. The maximum absolute atomic E-state index is 12.6. The van der Waals surface area contributed by atoms with Crippen molar-refractivity contribution >= 4 is 17.2 Å². The molecule has 0 atom stereocenters. The third-order valence-electron chi connectivity index (χ3n) is 5.08. The van der Waals surface area contributed by atoms with Gasteiger partial charge in [-0.1, -0.05) is 0 Å². The summed E-state index contributed by atoms with van der Waals surface area (Å²) in [7, 11) is 0. The van der Waals surface area contributed by atoms with Gasteiger partial charge in [0.25, 0.3) is 5.91 Å². The Hall–Kier alpha value is -1.72. The van der Waals surface area contributed by atoms with Gasteiger partial charge in [0.2, 0.25) is 0 Å². The van der Waals surface area contributed by atoms with Crippen molar-refractivity contribution in [1.82, 2.24) is 15.2 Å². The second kappa shape index (κ2) is 6.65. The Morgan fingerprint density at radius 2 is 2.00 bits per heavy atom. The van der Waals surface area contributed by atoms with Gasteiger partial charge in [0, 0.05) is 36.1 Å². The second-order valence-electron chi connectivity index (χ2n) is 6.86. The number of aromatic nitrogens is 1. The number of carbonyl (C=O) groups is 1. The fraction of sp³-hybridized carbons (Fsp3) is 0.474. The number of likely N-dealkylation sites (tertiary alicyclic amines) is 1. The van der Waals surface area contributed by atoms with Crippen LogP contribution in [-0.4, -0.2) is 41.0 Å². The van der Waals surface area contributed by atoms with Crippen LogP contribution in [-0.2, 0) is 0 Å². The topological polar surface area (TPSA) is 45.2 Å². The van der Waals surface area contributed by atoms with Crippen LogP contribution >= 0.6 is 11.3 Å². The highest BCUT2D eigenvalue weighted by Gasteiger charge is 2.32. The Balaban J connectivity index is 1.39. The van der Waals surface area contributed by atoms with Crippen LogP contribution in [0.4, 0.5) is 0 Å². The Labute approximate surface area is 146 Å². The smallest absolute Gasteiger partial charge is 0.253 e. The highest BCUT2D eigenvalue weighted by Crippen LogP contribution is 2.29. The van der Waals surface area contributed by atoms with Gasteiger partial charge in [0.05, 0.1) is 17.0 Å². The molecule has 1 amide bonds. The number of amides is 1. The van der Waals surface area contributed by atoms with Crippen molar-refractivity contribution in [3.8, 4) is 11.3 Å². The minimum absolute atomic E-state index is 0.0155. The maximum atomic E-state index is 12.6. The molecule has 1 saturated heterocycles. The van der Waals surface area contributed by atoms with Gasteiger partial charge in [-0.3, -0.25) is 9.78 Å². The van der Waals surface area contributed by atoms with E-state index >= 15 is 0 Å². The van der Waals surface area contributed by atoms with Crippen molar-refractivity contribution in [2.45, 2.75) is 44.7 Å². The monoisotopic (exact) mass is 341 g/mol. The van der Waals surface area contributed by atoms with Crippen LogP contribution < -0.4 is 5.32 Å². The second-order valence-corrected chi connectivity index (χ2v) is 7.64. The lowest BCUT2D eigenvalue weighted by Gasteiger charge is -2.32. The van der Waals surface area contributed by atoms with Crippen LogP contribution in [0.5, 0.6) is 0 Å². The zero-order valence-electron chi connectivity index (χ0n) is 14.0. The molecule has 3 heterocycles. The molecule has 1 aliphatic carbocycles. The molecular formula is C19H23N3OS. The minimum Gasteiger partial charge on any atom is -0.349 e. The average Bonchev–Trinajstić information content (AvgIpc) is 3.29. The van der Waals surface area contributed by atoms with E-state index in [9.17, 15) is 4.79 Å². The lowest BCUT2D eigenvalue weighted by Crippen LogP contribution is -2.45. The summed E-state index contributed by atoms with van der Waals surface area (Å²) in [4.78, 5) is 19.8. The number of nitrogens with zero attached hydrogens (tertiary/aromatic N) is 2. The van der Waals surface area contributed by atoms with Gasteiger partial charge in [0.15, 0.2) is 0 Å². The first-order valence-corrected chi connectivity index (χ1v) is 9.70. The highest BCUT2D eigenvalue weighted by molar-refractivity contribution is 7.08. The average molecular weight is 341 g/mol. The summed E-state index contributed by atoms with van der Waals surface area (Å²) in [6, 6.07) is 7.03. The molecule has 2 fully saturated rings. The Bertz CT molecular complexity index is 716. The van der Waals surface area contributed by atoms with Crippen molar-refractivity contribution < 1.29 is 4.79 Å². The van der Waals surface area contributed by atoms with Gasteiger partial charge >= 0.3 is 0 Å². The van der Waals surface area contributed by atoms with E-state index in [-0.39, 0.29) is 5.91 Å². The van der Waals surface area contributed by atoms with Gasteiger partial charge in [-0.05, 0) is 56.2 Å². The van der Waals surface area contributed by atoms with E-state index in [1.807, 2.05) is 24.4 Å². The first-order valence-electron chi connectivity index (χ1n) is 8.76. The largest absolute Gasteiger partial charge is 0.349 e. The van der Waals surface area contributed by atoms with Crippen molar-refractivity contribution in [2.75, 3.05) is 13.1 Å². The molecule has 24 heavy (non-hydrogen) atoms. The molecule has 2 aromatic rings. The third kappa shape index (κ3) is 3.37. The third-order valence-corrected chi connectivity index (χ3v) is 5.76. The Kier molecular flexibility index (Phi) is 4.37. The summed E-state index contributed by atoms with van der Waals surface area (Å²) in [5, 5.41) is 7.33. The normalized spacial score (nSPS) is 19.4. The lowest BCUT2D eigenvalue weighted by molar-refractivity contribution is 0.0908. The molecule has 0 spiro atoms. The Morgan fingerprint density at radius 1 is 1.21 bits per heavy atom. The summed E-state index contributed by atoms with van der Waals surface area (Å²) >= 11 is 1.66.